The first-order chi connectivity index (χ1) is 5.69. The van der Waals surface area contributed by atoms with Crippen LogP contribution in [-0.4, -0.2) is 0 Å². The molecular weight excluding hydrogens is 198 g/mol. The SMILES string of the molecule is CCc1cc(F)cc(Cl)c1CCl. The zero-order chi connectivity index (χ0) is 9.14. The third-order valence-electron chi connectivity index (χ3n) is 1.77. The van der Waals surface area contributed by atoms with E-state index in [1.54, 1.807) is 0 Å². The molecule has 0 aliphatic rings. The summed E-state index contributed by atoms with van der Waals surface area (Å²) in [4.78, 5) is 0. The highest BCUT2D eigenvalue weighted by Gasteiger charge is 2.06. The fraction of sp³-hybridized carbons (Fsp3) is 0.333. The van der Waals surface area contributed by atoms with Crippen LogP contribution in [0.5, 0.6) is 0 Å². The number of benzene rings is 1. The minimum absolute atomic E-state index is 0.300. The normalized spacial score (nSPS) is 10.3. The maximum atomic E-state index is 12.8. The average molecular weight is 207 g/mol. The van der Waals surface area contributed by atoms with E-state index in [0.717, 1.165) is 17.5 Å². The summed E-state index contributed by atoms with van der Waals surface area (Å²) in [5.74, 6) is 0.0353. The van der Waals surface area contributed by atoms with Crippen LogP contribution < -0.4 is 0 Å². The first-order valence-electron chi connectivity index (χ1n) is 3.71. The molecule has 0 aromatic heterocycles. The van der Waals surface area contributed by atoms with Gasteiger partial charge >= 0.3 is 0 Å². The summed E-state index contributed by atoms with van der Waals surface area (Å²) in [5.41, 5.74) is 1.72. The van der Waals surface area contributed by atoms with E-state index in [0.29, 0.717) is 10.9 Å². The van der Waals surface area contributed by atoms with E-state index in [-0.39, 0.29) is 5.82 Å². The molecule has 0 heterocycles. The van der Waals surface area contributed by atoms with E-state index >= 15 is 0 Å². The molecule has 0 bridgehead atoms. The van der Waals surface area contributed by atoms with Gasteiger partial charge in [-0.3, -0.25) is 0 Å². The van der Waals surface area contributed by atoms with Crippen LogP contribution in [0.25, 0.3) is 0 Å². The second kappa shape index (κ2) is 4.11. The highest BCUT2D eigenvalue weighted by atomic mass is 35.5. The van der Waals surface area contributed by atoms with Crippen molar-refractivity contribution in [2.75, 3.05) is 0 Å². The van der Waals surface area contributed by atoms with Crippen molar-refractivity contribution in [2.45, 2.75) is 19.2 Å². The number of aryl methyl sites for hydroxylation is 1. The molecule has 0 saturated heterocycles. The van der Waals surface area contributed by atoms with Crippen LogP contribution in [0.4, 0.5) is 4.39 Å². The summed E-state index contributed by atoms with van der Waals surface area (Å²) in [5, 5.41) is 0.418. The first kappa shape index (κ1) is 9.82. The van der Waals surface area contributed by atoms with Gasteiger partial charge in [0.2, 0.25) is 0 Å². The van der Waals surface area contributed by atoms with Crippen LogP contribution in [-0.2, 0) is 12.3 Å². The Morgan fingerprint density at radius 1 is 1.42 bits per heavy atom. The summed E-state index contributed by atoms with van der Waals surface area (Å²) >= 11 is 11.5. The van der Waals surface area contributed by atoms with Crippen molar-refractivity contribution in [1.29, 1.82) is 0 Å². The van der Waals surface area contributed by atoms with Gasteiger partial charge in [0.05, 0.1) is 0 Å². The monoisotopic (exact) mass is 206 g/mol. The lowest BCUT2D eigenvalue weighted by Crippen LogP contribution is -1.92. The van der Waals surface area contributed by atoms with Gasteiger partial charge in [0.1, 0.15) is 5.82 Å². The predicted octanol–water partition coefficient (Wildman–Crippen LogP) is 3.78. The Bertz CT molecular complexity index is 284. The molecule has 0 aliphatic heterocycles. The van der Waals surface area contributed by atoms with Gasteiger partial charge < -0.3 is 0 Å². The number of hydrogen-bond acceptors (Lipinski definition) is 0. The molecule has 0 atom stereocenters. The van der Waals surface area contributed by atoms with Crippen molar-refractivity contribution >= 4 is 23.2 Å². The van der Waals surface area contributed by atoms with E-state index < -0.39 is 0 Å². The van der Waals surface area contributed by atoms with E-state index in [2.05, 4.69) is 0 Å². The summed E-state index contributed by atoms with van der Waals surface area (Å²) in [6, 6.07) is 2.77. The second-order valence-electron chi connectivity index (χ2n) is 2.51. The first-order valence-corrected chi connectivity index (χ1v) is 4.63. The molecule has 0 unspecified atom stereocenters. The van der Waals surface area contributed by atoms with Gasteiger partial charge in [0.25, 0.3) is 0 Å². The van der Waals surface area contributed by atoms with Gasteiger partial charge in [-0.05, 0) is 29.7 Å². The molecule has 0 aliphatic carbocycles. The molecule has 0 saturated carbocycles. The summed E-state index contributed by atoms with van der Waals surface area (Å²) in [7, 11) is 0. The Balaban J connectivity index is 3.24. The summed E-state index contributed by atoms with van der Waals surface area (Å²) < 4.78 is 12.8. The van der Waals surface area contributed by atoms with Crippen molar-refractivity contribution in [3.05, 3.63) is 34.1 Å². The van der Waals surface area contributed by atoms with Gasteiger partial charge in [-0.15, -0.1) is 11.6 Å². The molecule has 0 amide bonds. The van der Waals surface area contributed by atoms with Gasteiger partial charge in [-0.2, -0.15) is 0 Å². The molecule has 0 fully saturated rings. The highest BCUT2D eigenvalue weighted by molar-refractivity contribution is 6.32. The van der Waals surface area contributed by atoms with E-state index in [1.165, 1.54) is 12.1 Å². The van der Waals surface area contributed by atoms with Crippen LogP contribution in [0.15, 0.2) is 12.1 Å². The largest absolute Gasteiger partial charge is 0.207 e. The molecular formula is C9H9Cl2F. The molecule has 1 aromatic rings. The maximum absolute atomic E-state index is 12.8. The summed E-state index contributed by atoms with van der Waals surface area (Å²) in [6.07, 6.45) is 0.750. The Morgan fingerprint density at radius 2 is 2.08 bits per heavy atom. The molecule has 66 valence electrons. The number of rotatable bonds is 2. The van der Waals surface area contributed by atoms with Crippen molar-refractivity contribution < 1.29 is 4.39 Å². The van der Waals surface area contributed by atoms with Crippen LogP contribution in [0, 0.1) is 5.82 Å². The quantitative estimate of drug-likeness (QED) is 0.647. The topological polar surface area (TPSA) is 0 Å². The summed E-state index contributed by atoms with van der Waals surface area (Å²) in [6.45, 7) is 1.95. The molecule has 0 radical (unpaired) electrons. The van der Waals surface area contributed by atoms with Crippen molar-refractivity contribution in [1.82, 2.24) is 0 Å². The highest BCUT2D eigenvalue weighted by Crippen LogP contribution is 2.24. The Kier molecular flexibility index (Phi) is 3.36. The van der Waals surface area contributed by atoms with Crippen molar-refractivity contribution in [2.24, 2.45) is 0 Å². The lowest BCUT2D eigenvalue weighted by Gasteiger charge is -2.06. The molecule has 0 N–H and O–H groups in total. The van der Waals surface area contributed by atoms with E-state index in [9.17, 15) is 4.39 Å². The number of alkyl halides is 1. The number of hydrogen-bond donors (Lipinski definition) is 0. The van der Waals surface area contributed by atoms with Gasteiger partial charge in [0.15, 0.2) is 0 Å². The third-order valence-corrected chi connectivity index (χ3v) is 2.37. The van der Waals surface area contributed by atoms with Crippen LogP contribution in [0.3, 0.4) is 0 Å². The van der Waals surface area contributed by atoms with E-state index in [1.807, 2.05) is 6.92 Å². The van der Waals surface area contributed by atoms with Gasteiger partial charge in [0, 0.05) is 10.9 Å². The third kappa shape index (κ3) is 1.90. The predicted molar refractivity (Wildman–Crippen MR) is 50.3 cm³/mol. The number of halogens is 3. The fourth-order valence-corrected chi connectivity index (χ4v) is 1.80. The van der Waals surface area contributed by atoms with Gasteiger partial charge in [-0.1, -0.05) is 18.5 Å². The standard InChI is InChI=1S/C9H9Cl2F/c1-2-6-3-7(12)4-9(11)8(6)5-10/h3-4H,2,5H2,1H3. The lowest BCUT2D eigenvalue weighted by atomic mass is 10.1. The fourth-order valence-electron chi connectivity index (χ4n) is 1.12. The Morgan fingerprint density at radius 3 is 2.58 bits per heavy atom. The van der Waals surface area contributed by atoms with Crippen molar-refractivity contribution in [3.8, 4) is 0 Å². The van der Waals surface area contributed by atoms with Crippen LogP contribution in [0.1, 0.15) is 18.1 Å². The van der Waals surface area contributed by atoms with Crippen LogP contribution in [0.2, 0.25) is 5.02 Å². The van der Waals surface area contributed by atoms with Gasteiger partial charge in [-0.25, -0.2) is 4.39 Å². The zero-order valence-corrected chi connectivity index (χ0v) is 8.21. The molecule has 1 rings (SSSR count). The lowest BCUT2D eigenvalue weighted by molar-refractivity contribution is 0.625. The van der Waals surface area contributed by atoms with Crippen LogP contribution >= 0.6 is 23.2 Å². The molecule has 12 heavy (non-hydrogen) atoms. The second-order valence-corrected chi connectivity index (χ2v) is 3.19. The molecule has 0 spiro atoms. The maximum Gasteiger partial charge on any atom is 0.124 e. The smallest absolute Gasteiger partial charge is 0.124 e. The molecule has 1 aromatic carbocycles. The minimum Gasteiger partial charge on any atom is -0.207 e. The van der Waals surface area contributed by atoms with Crippen molar-refractivity contribution in [3.63, 3.8) is 0 Å². The Labute approximate surface area is 81.3 Å². The zero-order valence-electron chi connectivity index (χ0n) is 6.70. The molecule has 3 heteroatoms. The average Bonchev–Trinajstić information content (AvgIpc) is 2.03. The van der Waals surface area contributed by atoms with E-state index in [4.69, 9.17) is 23.2 Å². The molecule has 0 nitrogen and oxygen atoms in total. The Hall–Kier alpha value is -0.270. The minimum atomic E-state index is -0.300.